The minimum absolute atomic E-state index is 0.274. The molecular formula is C8H6F2N2. The lowest BCUT2D eigenvalue weighted by molar-refractivity contribution is 0.506. The van der Waals surface area contributed by atoms with E-state index in [1.54, 1.807) is 6.07 Å². The summed E-state index contributed by atoms with van der Waals surface area (Å²) in [5.41, 5.74) is 5.54. The Morgan fingerprint density at radius 2 is 2.00 bits per heavy atom. The van der Waals surface area contributed by atoms with Gasteiger partial charge in [-0.2, -0.15) is 5.26 Å². The number of halogens is 2. The lowest BCUT2D eigenvalue weighted by Gasteiger charge is -2.02. The summed E-state index contributed by atoms with van der Waals surface area (Å²) < 4.78 is 24.9. The van der Waals surface area contributed by atoms with Gasteiger partial charge in [-0.1, -0.05) is 6.07 Å². The van der Waals surface area contributed by atoms with Crippen molar-refractivity contribution in [3.63, 3.8) is 0 Å². The van der Waals surface area contributed by atoms with Crippen LogP contribution in [0.25, 0.3) is 0 Å². The fourth-order valence-electron chi connectivity index (χ4n) is 0.780. The minimum atomic E-state index is -0.988. The molecule has 0 radical (unpaired) electrons. The van der Waals surface area contributed by atoms with Crippen molar-refractivity contribution in [1.29, 1.82) is 5.26 Å². The lowest BCUT2D eigenvalue weighted by Crippen LogP contribution is -2.07. The summed E-state index contributed by atoms with van der Waals surface area (Å²) in [6.45, 7) is 0. The Hall–Kier alpha value is -1.47. The molecule has 0 aliphatic carbocycles. The van der Waals surface area contributed by atoms with E-state index >= 15 is 0 Å². The quantitative estimate of drug-likeness (QED) is 0.690. The van der Waals surface area contributed by atoms with Crippen LogP contribution in [0.3, 0.4) is 0 Å². The Morgan fingerprint density at radius 3 is 2.50 bits per heavy atom. The average Bonchev–Trinajstić information content (AvgIpc) is 2.08. The third kappa shape index (κ3) is 1.57. The molecule has 4 heteroatoms. The fraction of sp³-hybridized carbons (Fsp3) is 0.125. The molecule has 1 aromatic rings. The van der Waals surface area contributed by atoms with Crippen molar-refractivity contribution in [2.24, 2.45) is 5.73 Å². The SMILES string of the molecule is N#C[C@@H](N)c1ccc(F)c(F)c1. The van der Waals surface area contributed by atoms with E-state index in [1.807, 2.05) is 0 Å². The van der Waals surface area contributed by atoms with Gasteiger partial charge in [0.1, 0.15) is 6.04 Å². The molecule has 2 N–H and O–H groups in total. The molecule has 0 aliphatic heterocycles. The van der Waals surface area contributed by atoms with Gasteiger partial charge in [0.2, 0.25) is 0 Å². The van der Waals surface area contributed by atoms with Gasteiger partial charge in [0.25, 0.3) is 0 Å². The summed E-state index contributed by atoms with van der Waals surface area (Å²) in [7, 11) is 0. The van der Waals surface area contributed by atoms with E-state index in [2.05, 4.69) is 0 Å². The fourth-order valence-corrected chi connectivity index (χ4v) is 0.780. The number of nitriles is 1. The van der Waals surface area contributed by atoms with E-state index in [0.717, 1.165) is 12.1 Å². The number of nitrogens with zero attached hydrogens (tertiary/aromatic N) is 1. The second-order valence-corrected chi connectivity index (χ2v) is 2.28. The summed E-state index contributed by atoms with van der Waals surface area (Å²) in [5, 5.41) is 8.36. The molecule has 0 heterocycles. The molecule has 0 spiro atoms. The standard InChI is InChI=1S/C8H6F2N2/c9-6-2-1-5(3-7(6)10)8(12)4-11/h1-3,8H,12H2/t8-/m1/s1. The monoisotopic (exact) mass is 168 g/mol. The van der Waals surface area contributed by atoms with Crippen LogP contribution in [-0.2, 0) is 0 Å². The van der Waals surface area contributed by atoms with Gasteiger partial charge in [-0.15, -0.1) is 0 Å². The van der Waals surface area contributed by atoms with Crippen LogP contribution in [0.2, 0.25) is 0 Å². The first-order valence-electron chi connectivity index (χ1n) is 3.25. The number of benzene rings is 1. The van der Waals surface area contributed by atoms with Crippen molar-refractivity contribution < 1.29 is 8.78 Å². The highest BCUT2D eigenvalue weighted by Crippen LogP contribution is 2.13. The molecule has 0 bridgehead atoms. The zero-order valence-corrected chi connectivity index (χ0v) is 6.09. The van der Waals surface area contributed by atoms with Crippen LogP contribution in [0.4, 0.5) is 8.78 Å². The smallest absolute Gasteiger partial charge is 0.159 e. The average molecular weight is 168 g/mol. The summed E-state index contributed by atoms with van der Waals surface area (Å²) in [4.78, 5) is 0. The summed E-state index contributed by atoms with van der Waals surface area (Å²) >= 11 is 0. The van der Waals surface area contributed by atoms with E-state index in [1.165, 1.54) is 6.07 Å². The van der Waals surface area contributed by atoms with Crippen molar-refractivity contribution in [2.75, 3.05) is 0 Å². The first-order valence-corrected chi connectivity index (χ1v) is 3.25. The third-order valence-corrected chi connectivity index (χ3v) is 1.44. The largest absolute Gasteiger partial charge is 0.312 e. The lowest BCUT2D eigenvalue weighted by atomic mass is 10.1. The molecule has 0 aliphatic rings. The minimum Gasteiger partial charge on any atom is -0.312 e. The maximum atomic E-state index is 12.5. The van der Waals surface area contributed by atoms with Crippen molar-refractivity contribution >= 4 is 0 Å². The maximum absolute atomic E-state index is 12.5. The molecule has 0 saturated heterocycles. The van der Waals surface area contributed by atoms with Gasteiger partial charge < -0.3 is 5.73 Å². The Bertz CT molecular complexity index is 330. The molecule has 1 atom stereocenters. The summed E-state index contributed by atoms with van der Waals surface area (Å²) in [5.74, 6) is -1.93. The van der Waals surface area contributed by atoms with E-state index in [9.17, 15) is 8.78 Å². The van der Waals surface area contributed by atoms with Crippen molar-refractivity contribution in [2.45, 2.75) is 6.04 Å². The van der Waals surface area contributed by atoms with Gasteiger partial charge in [-0.05, 0) is 17.7 Å². The third-order valence-electron chi connectivity index (χ3n) is 1.44. The van der Waals surface area contributed by atoms with E-state index < -0.39 is 17.7 Å². The molecule has 2 nitrogen and oxygen atoms in total. The number of nitrogens with two attached hydrogens (primary N) is 1. The topological polar surface area (TPSA) is 49.8 Å². The predicted octanol–water partition coefficient (Wildman–Crippen LogP) is 1.49. The second-order valence-electron chi connectivity index (χ2n) is 2.28. The van der Waals surface area contributed by atoms with Gasteiger partial charge in [0.15, 0.2) is 11.6 Å². The van der Waals surface area contributed by atoms with Crippen molar-refractivity contribution in [1.82, 2.24) is 0 Å². The van der Waals surface area contributed by atoms with Gasteiger partial charge in [-0.25, -0.2) is 8.78 Å². The van der Waals surface area contributed by atoms with Crippen molar-refractivity contribution in [3.8, 4) is 6.07 Å². The normalized spacial score (nSPS) is 12.2. The van der Waals surface area contributed by atoms with E-state index in [4.69, 9.17) is 11.0 Å². The van der Waals surface area contributed by atoms with E-state index in [0.29, 0.717) is 0 Å². The summed E-state index contributed by atoms with van der Waals surface area (Å²) in [6, 6.07) is 3.96. The number of hydrogen-bond donors (Lipinski definition) is 1. The molecular weight excluding hydrogens is 162 g/mol. The molecule has 0 aromatic heterocycles. The van der Waals surface area contributed by atoms with Crippen molar-refractivity contribution in [3.05, 3.63) is 35.4 Å². The molecule has 0 saturated carbocycles. The highest BCUT2D eigenvalue weighted by molar-refractivity contribution is 5.24. The van der Waals surface area contributed by atoms with Crippen LogP contribution >= 0.6 is 0 Å². The Morgan fingerprint density at radius 1 is 1.33 bits per heavy atom. The zero-order valence-electron chi connectivity index (χ0n) is 6.09. The molecule has 0 amide bonds. The number of hydrogen-bond acceptors (Lipinski definition) is 2. The first-order chi connectivity index (χ1) is 5.65. The van der Waals surface area contributed by atoms with E-state index in [-0.39, 0.29) is 5.56 Å². The second kappa shape index (κ2) is 3.28. The van der Waals surface area contributed by atoms with Crippen LogP contribution in [0, 0.1) is 23.0 Å². The van der Waals surface area contributed by atoms with Gasteiger partial charge in [-0.3, -0.25) is 0 Å². The zero-order chi connectivity index (χ0) is 9.14. The molecule has 1 rings (SSSR count). The Kier molecular flexibility index (Phi) is 2.36. The predicted molar refractivity (Wildman–Crippen MR) is 38.9 cm³/mol. The Balaban J connectivity index is 3.06. The highest BCUT2D eigenvalue weighted by atomic mass is 19.2. The Labute approximate surface area is 68.2 Å². The molecule has 62 valence electrons. The summed E-state index contributed by atoms with van der Waals surface area (Å²) in [6.07, 6.45) is 0. The van der Waals surface area contributed by atoms with Crippen LogP contribution in [0.1, 0.15) is 11.6 Å². The van der Waals surface area contributed by atoms with Gasteiger partial charge in [0.05, 0.1) is 6.07 Å². The van der Waals surface area contributed by atoms with Gasteiger partial charge >= 0.3 is 0 Å². The van der Waals surface area contributed by atoms with Crippen LogP contribution in [0.5, 0.6) is 0 Å². The molecule has 12 heavy (non-hydrogen) atoms. The molecule has 0 fully saturated rings. The van der Waals surface area contributed by atoms with Crippen LogP contribution in [-0.4, -0.2) is 0 Å². The van der Waals surface area contributed by atoms with Crippen LogP contribution < -0.4 is 5.73 Å². The number of rotatable bonds is 1. The molecule has 0 unspecified atom stereocenters. The maximum Gasteiger partial charge on any atom is 0.159 e. The van der Waals surface area contributed by atoms with Gasteiger partial charge in [0, 0.05) is 0 Å². The molecule has 1 aromatic carbocycles. The van der Waals surface area contributed by atoms with Crippen LogP contribution in [0.15, 0.2) is 18.2 Å². The first kappa shape index (κ1) is 8.62. The highest BCUT2D eigenvalue weighted by Gasteiger charge is 2.07.